The van der Waals surface area contributed by atoms with Crippen molar-refractivity contribution in [3.8, 4) is 0 Å². The molecule has 0 saturated carbocycles. The summed E-state index contributed by atoms with van der Waals surface area (Å²) in [7, 11) is 0. The third kappa shape index (κ3) is 4.80. The summed E-state index contributed by atoms with van der Waals surface area (Å²) in [6.07, 6.45) is -1.71. The van der Waals surface area contributed by atoms with E-state index in [4.69, 9.17) is 6.57 Å². The number of piperidine rings is 1. The average molecular weight is 467 g/mol. The number of benzene rings is 2. The fraction of sp³-hybridized carbons (Fsp3) is 0.318. The normalized spacial score (nSPS) is 20.8. The molecule has 174 valence electrons. The Morgan fingerprint density at radius 3 is 2.52 bits per heavy atom. The minimum Gasteiger partial charge on any atom is -0.390 e. The van der Waals surface area contributed by atoms with E-state index < -0.39 is 58.8 Å². The molecule has 3 rings (SSSR count). The molecule has 0 bridgehead atoms. The highest BCUT2D eigenvalue weighted by atomic mass is 19.3. The fourth-order valence-electron chi connectivity index (χ4n) is 3.41. The number of carbonyl (C=O) groups excluding carboxylic acids is 2. The molecule has 1 heterocycles. The molecule has 2 amide bonds. The molecular weight excluding hydrogens is 449 g/mol. The summed E-state index contributed by atoms with van der Waals surface area (Å²) in [5.74, 6) is -9.54. The lowest BCUT2D eigenvalue weighted by Gasteiger charge is -2.39. The summed E-state index contributed by atoms with van der Waals surface area (Å²) in [6.45, 7) is 6.69. The molecule has 1 aliphatic rings. The topological polar surface area (TPSA) is 74.0 Å². The number of nitrogens with zero attached hydrogens (tertiary/aromatic N) is 2. The number of nitrogens with one attached hydrogen (secondary N) is 1. The first-order valence-electron chi connectivity index (χ1n) is 9.69. The van der Waals surface area contributed by atoms with Crippen molar-refractivity contribution in [1.29, 1.82) is 0 Å². The lowest BCUT2D eigenvalue weighted by molar-refractivity contribution is -0.167. The van der Waals surface area contributed by atoms with Gasteiger partial charge in [0.15, 0.2) is 5.67 Å². The molecule has 0 radical (unpaired) electrons. The minimum absolute atomic E-state index is 0.00443. The van der Waals surface area contributed by atoms with Crippen molar-refractivity contribution in [3.05, 3.63) is 70.6 Å². The Hall–Kier alpha value is -3.52. The maximum atomic E-state index is 14.9. The summed E-state index contributed by atoms with van der Waals surface area (Å²) in [6, 6.07) is 5.09. The first-order valence-corrected chi connectivity index (χ1v) is 9.69. The summed E-state index contributed by atoms with van der Waals surface area (Å²) in [4.78, 5) is 28.3. The van der Waals surface area contributed by atoms with Crippen molar-refractivity contribution in [2.24, 2.45) is 0 Å². The van der Waals surface area contributed by atoms with E-state index >= 15 is 0 Å². The van der Waals surface area contributed by atoms with Crippen LogP contribution in [-0.2, 0) is 10.7 Å². The highest BCUT2D eigenvalue weighted by Gasteiger charge is 2.50. The van der Waals surface area contributed by atoms with Gasteiger partial charge in [-0.1, -0.05) is 0 Å². The Kier molecular flexibility index (Phi) is 6.42. The van der Waals surface area contributed by atoms with E-state index in [1.165, 1.54) is 0 Å². The summed E-state index contributed by atoms with van der Waals surface area (Å²) >= 11 is 0. The predicted octanol–water partition coefficient (Wildman–Crippen LogP) is 4.18. The Morgan fingerprint density at radius 2 is 1.88 bits per heavy atom. The molecule has 2 atom stereocenters. The maximum Gasteiger partial charge on any atom is 0.352 e. The molecule has 1 saturated heterocycles. The number of amides is 2. The van der Waals surface area contributed by atoms with Crippen LogP contribution in [0.5, 0.6) is 0 Å². The number of alkyl halides is 3. The van der Waals surface area contributed by atoms with Crippen molar-refractivity contribution in [2.45, 2.75) is 31.0 Å². The van der Waals surface area contributed by atoms with Gasteiger partial charge in [-0.2, -0.15) is 8.78 Å². The van der Waals surface area contributed by atoms with Crippen LogP contribution in [0.25, 0.3) is 4.85 Å². The molecule has 2 aromatic rings. The van der Waals surface area contributed by atoms with Gasteiger partial charge in [-0.15, -0.1) is 0 Å². The van der Waals surface area contributed by atoms with Crippen LogP contribution in [0.1, 0.15) is 29.3 Å². The van der Waals surface area contributed by atoms with E-state index in [0.29, 0.717) is 17.0 Å². The Bertz CT molecular complexity index is 1150. The molecule has 0 aromatic heterocycles. The number of hydrogen-bond donors (Lipinski definition) is 2. The number of rotatable bonds is 4. The molecule has 1 aliphatic heterocycles. The smallest absolute Gasteiger partial charge is 0.352 e. The number of carbonyl (C=O) groups is 2. The van der Waals surface area contributed by atoms with Crippen LogP contribution in [0.4, 0.5) is 33.3 Å². The third-order valence-corrected chi connectivity index (χ3v) is 5.31. The van der Waals surface area contributed by atoms with Crippen LogP contribution in [0.15, 0.2) is 36.4 Å². The molecule has 6 nitrogen and oxygen atoms in total. The highest BCUT2D eigenvalue weighted by molar-refractivity contribution is 6.04. The number of hydrogen-bond acceptors (Lipinski definition) is 3. The third-order valence-electron chi connectivity index (χ3n) is 5.31. The molecule has 11 heteroatoms. The minimum atomic E-state index is -4.42. The van der Waals surface area contributed by atoms with Gasteiger partial charge in [-0.25, -0.2) is 18.0 Å². The van der Waals surface area contributed by atoms with Crippen molar-refractivity contribution < 1.29 is 36.6 Å². The zero-order chi connectivity index (χ0) is 24.6. The van der Waals surface area contributed by atoms with E-state index in [2.05, 4.69) is 10.2 Å². The monoisotopic (exact) mass is 467 g/mol. The lowest BCUT2D eigenvalue weighted by atomic mass is 9.92. The second kappa shape index (κ2) is 8.78. The van der Waals surface area contributed by atoms with Crippen LogP contribution in [0, 0.1) is 18.2 Å². The van der Waals surface area contributed by atoms with Crippen LogP contribution in [-0.4, -0.2) is 46.7 Å². The zero-order valence-electron chi connectivity index (χ0n) is 17.2. The molecule has 0 spiro atoms. The Labute approximate surface area is 185 Å². The quantitative estimate of drug-likeness (QED) is 0.524. The summed E-state index contributed by atoms with van der Waals surface area (Å²) in [5.41, 5.74) is -4.51. The molecule has 1 fully saturated rings. The number of anilines is 1. The molecule has 2 aromatic carbocycles. The van der Waals surface area contributed by atoms with Crippen molar-refractivity contribution in [1.82, 2.24) is 4.90 Å². The molecule has 2 N–H and O–H groups in total. The number of aliphatic hydroxyl groups is 1. The van der Waals surface area contributed by atoms with Crippen molar-refractivity contribution in [2.75, 3.05) is 18.4 Å². The van der Waals surface area contributed by atoms with Gasteiger partial charge >= 0.3 is 5.92 Å². The number of aliphatic hydroxyl groups excluding tert-OH is 1. The molecular formula is C22H18F5N3O3. The standard InChI is InChI=1S/C22H18F5N3O3/c1-21(25)11-30(8-7-18(21)31)20(33)22(26,27)14-9-12(3-5-15(14)23)19(32)29-13-4-6-16(24)17(10-13)28-2/h3-6,9-10,18,31H,7-8,11H2,1H3,(H,29,32). The van der Waals surface area contributed by atoms with E-state index in [1.54, 1.807) is 0 Å². The molecule has 0 aliphatic carbocycles. The Balaban J connectivity index is 1.86. The van der Waals surface area contributed by atoms with Gasteiger partial charge < -0.3 is 15.3 Å². The highest BCUT2D eigenvalue weighted by Crippen LogP contribution is 2.36. The second-order valence-corrected chi connectivity index (χ2v) is 7.81. The van der Waals surface area contributed by atoms with Crippen LogP contribution < -0.4 is 5.32 Å². The molecule has 33 heavy (non-hydrogen) atoms. The van der Waals surface area contributed by atoms with Gasteiger partial charge in [0.05, 0.1) is 24.8 Å². The van der Waals surface area contributed by atoms with E-state index in [-0.39, 0.29) is 24.3 Å². The van der Waals surface area contributed by atoms with Gasteiger partial charge in [0, 0.05) is 17.8 Å². The summed E-state index contributed by atoms with van der Waals surface area (Å²) < 4.78 is 71.9. The fourth-order valence-corrected chi connectivity index (χ4v) is 3.41. The van der Waals surface area contributed by atoms with Crippen molar-refractivity contribution in [3.63, 3.8) is 0 Å². The van der Waals surface area contributed by atoms with E-state index in [1.807, 2.05) is 0 Å². The van der Waals surface area contributed by atoms with Gasteiger partial charge in [0.1, 0.15) is 11.6 Å². The second-order valence-electron chi connectivity index (χ2n) is 7.81. The lowest BCUT2D eigenvalue weighted by Crippen LogP contribution is -2.56. The summed E-state index contributed by atoms with van der Waals surface area (Å²) in [5, 5.41) is 11.9. The average Bonchev–Trinajstić information content (AvgIpc) is 2.76. The maximum absolute atomic E-state index is 14.9. The van der Waals surface area contributed by atoms with Gasteiger partial charge in [-0.05, 0) is 49.7 Å². The molecule has 2 unspecified atom stereocenters. The van der Waals surface area contributed by atoms with Crippen molar-refractivity contribution >= 4 is 23.2 Å². The van der Waals surface area contributed by atoms with Gasteiger partial charge in [0.25, 0.3) is 11.8 Å². The number of halogens is 5. The first-order chi connectivity index (χ1) is 15.4. The van der Waals surface area contributed by atoms with E-state index in [9.17, 15) is 36.6 Å². The SMILES string of the molecule is [C-]#[N+]c1cc(NC(=O)c2ccc(F)c(C(F)(F)C(=O)N3CCC(O)C(C)(F)C3)c2)ccc1F. The first kappa shape index (κ1) is 24.1. The van der Waals surface area contributed by atoms with E-state index in [0.717, 1.165) is 31.2 Å². The van der Waals surface area contributed by atoms with Gasteiger partial charge in [0.2, 0.25) is 5.69 Å². The van der Waals surface area contributed by atoms with Crippen LogP contribution >= 0.6 is 0 Å². The van der Waals surface area contributed by atoms with Crippen LogP contribution in [0.3, 0.4) is 0 Å². The van der Waals surface area contributed by atoms with Crippen LogP contribution in [0.2, 0.25) is 0 Å². The number of likely N-dealkylation sites (tertiary alicyclic amines) is 1. The largest absolute Gasteiger partial charge is 0.390 e. The predicted molar refractivity (Wildman–Crippen MR) is 108 cm³/mol. The Morgan fingerprint density at radius 1 is 1.21 bits per heavy atom. The zero-order valence-corrected chi connectivity index (χ0v) is 17.2. The van der Waals surface area contributed by atoms with Gasteiger partial charge in [-0.3, -0.25) is 9.59 Å².